The lowest BCUT2D eigenvalue weighted by Crippen LogP contribution is -2.43. The van der Waals surface area contributed by atoms with Crippen LogP contribution in [0.4, 0.5) is 21.7 Å². The van der Waals surface area contributed by atoms with Crippen LogP contribution in [0.3, 0.4) is 0 Å². The monoisotopic (exact) mass is 1240 g/mol. The third-order valence-electron chi connectivity index (χ3n) is 14.1. The molecule has 8 heterocycles. The van der Waals surface area contributed by atoms with E-state index in [1.54, 1.807) is 51.1 Å². The molecular formula is C58H60FN17O12S. The summed E-state index contributed by atoms with van der Waals surface area (Å²) < 4.78 is 39.7. The number of hydrogen-bond acceptors (Lipinski definition) is 21. The third-order valence-corrected chi connectivity index (χ3v) is 15.2. The van der Waals surface area contributed by atoms with Crippen LogP contribution in [0.1, 0.15) is 75.0 Å². The van der Waals surface area contributed by atoms with Crippen molar-refractivity contribution in [3.05, 3.63) is 152 Å². The smallest absolute Gasteiger partial charge is 0.341 e. The van der Waals surface area contributed by atoms with Gasteiger partial charge >= 0.3 is 17.9 Å². The fraction of sp³-hybridized carbons (Fsp3) is 0.276. The number of amides is 1. The highest BCUT2D eigenvalue weighted by Crippen LogP contribution is 2.38. The molecule has 11 N–H and O–H groups in total. The quantitative estimate of drug-likeness (QED) is 0.0585. The van der Waals surface area contributed by atoms with Gasteiger partial charge in [0.1, 0.15) is 40.8 Å². The van der Waals surface area contributed by atoms with Gasteiger partial charge in [0.2, 0.25) is 11.4 Å². The number of aliphatic carboxylic acids is 2. The van der Waals surface area contributed by atoms with E-state index in [1.807, 2.05) is 41.5 Å². The fourth-order valence-corrected chi connectivity index (χ4v) is 10.5. The highest BCUT2D eigenvalue weighted by Gasteiger charge is 2.29. The number of pyridine rings is 2. The zero-order chi connectivity index (χ0) is 63.5. The Bertz CT molecular complexity index is 4390. The van der Waals surface area contributed by atoms with Crippen LogP contribution >= 0.6 is 0 Å². The summed E-state index contributed by atoms with van der Waals surface area (Å²) in [6.45, 7) is 7.05. The summed E-state index contributed by atoms with van der Waals surface area (Å²) in [6, 6.07) is 13.4. The maximum Gasteiger partial charge on any atom is 0.341 e. The first kappa shape index (κ1) is 62.7. The Labute approximate surface area is 505 Å². The van der Waals surface area contributed by atoms with Gasteiger partial charge in [-0.25, -0.2) is 43.9 Å². The molecule has 0 bridgehead atoms. The van der Waals surface area contributed by atoms with Gasteiger partial charge in [0.05, 0.1) is 89.7 Å². The van der Waals surface area contributed by atoms with Crippen LogP contribution in [0.2, 0.25) is 0 Å². The zero-order valence-corrected chi connectivity index (χ0v) is 49.1. The van der Waals surface area contributed by atoms with Gasteiger partial charge in [-0.1, -0.05) is 0 Å². The molecule has 89 heavy (non-hydrogen) atoms. The van der Waals surface area contributed by atoms with Crippen LogP contribution in [-0.2, 0) is 32.7 Å². The van der Waals surface area contributed by atoms with E-state index in [-0.39, 0.29) is 64.8 Å². The SMILES string of the molecule is COc1ccc2nc(S(=O)Cc3ncc(C)c(OC)c3C)[nH]c2c1.Nc1nc2ncc(CNc3ccc(C(=O)N[C@@H](CCC(=O)O)C(=O)O)cc3)nc2c(=O)[nH]1.O=C(O)c1cn(C2CC2)c2cc(N3CCNCC3)c(F)cc2c1=O.c1ncc2[nH]cnc2n1. The number of nitrogens with two attached hydrogens (primary N) is 1. The Morgan fingerprint density at radius 2 is 1.64 bits per heavy atom. The van der Waals surface area contributed by atoms with Crippen LogP contribution in [0.5, 0.6) is 11.5 Å². The molecule has 3 aromatic carbocycles. The van der Waals surface area contributed by atoms with Crippen molar-refractivity contribution in [3.8, 4) is 11.5 Å². The summed E-state index contributed by atoms with van der Waals surface area (Å²) >= 11 is 0. The van der Waals surface area contributed by atoms with Crippen molar-refractivity contribution in [1.82, 2.24) is 70.0 Å². The van der Waals surface area contributed by atoms with Gasteiger partial charge in [0.15, 0.2) is 22.0 Å². The van der Waals surface area contributed by atoms with Crippen molar-refractivity contribution in [2.75, 3.05) is 56.3 Å². The number of carbonyl (C=O) groups is 4. The van der Waals surface area contributed by atoms with Gasteiger partial charge in [-0.3, -0.25) is 33.4 Å². The number of carbonyl (C=O) groups excluding carboxylic acids is 1. The third kappa shape index (κ3) is 15.4. The number of benzene rings is 3. The van der Waals surface area contributed by atoms with Gasteiger partial charge in [-0.15, -0.1) is 0 Å². The number of H-pyrrole nitrogens is 3. The van der Waals surface area contributed by atoms with Crippen molar-refractivity contribution < 1.29 is 52.6 Å². The summed E-state index contributed by atoms with van der Waals surface area (Å²) in [7, 11) is 1.91. The number of methoxy groups -OCH3 is 2. The predicted molar refractivity (Wildman–Crippen MR) is 325 cm³/mol. The number of ether oxygens (including phenoxy) is 2. The van der Waals surface area contributed by atoms with Gasteiger partial charge in [-0.05, 0) is 81.6 Å². The molecule has 29 nitrogen and oxygen atoms in total. The summed E-state index contributed by atoms with van der Waals surface area (Å²) in [6.07, 6.45) is 10.6. The number of carboxylic acid groups (broad SMARTS) is 3. The maximum atomic E-state index is 14.6. The average Bonchev–Trinajstić information content (AvgIpc) is 1.90. The van der Waals surface area contributed by atoms with Crippen LogP contribution in [0, 0.1) is 19.7 Å². The summed E-state index contributed by atoms with van der Waals surface area (Å²) in [5.41, 5.74) is 12.4. The highest BCUT2D eigenvalue weighted by atomic mass is 32.2. The number of fused-ring (bicyclic) bond motifs is 4. The number of aromatic carboxylic acids is 1. The molecule has 0 spiro atoms. The number of imidazole rings is 2. The second-order valence-electron chi connectivity index (χ2n) is 20.2. The summed E-state index contributed by atoms with van der Waals surface area (Å²) in [5, 5.41) is 36.2. The Morgan fingerprint density at radius 3 is 2.33 bits per heavy atom. The zero-order valence-electron chi connectivity index (χ0n) is 48.2. The van der Waals surface area contributed by atoms with Crippen LogP contribution in [-0.4, -0.2) is 149 Å². The molecule has 1 aliphatic carbocycles. The van der Waals surface area contributed by atoms with Gasteiger partial charge < -0.3 is 65.9 Å². The molecule has 12 rings (SSSR count). The lowest BCUT2D eigenvalue weighted by Gasteiger charge is -2.30. The average molecular weight is 1240 g/mol. The predicted octanol–water partition coefficient (Wildman–Crippen LogP) is 4.79. The lowest BCUT2D eigenvalue weighted by molar-refractivity contribution is -0.140. The number of nitrogens with zero attached hydrogens (tertiary/aromatic N) is 10. The van der Waals surface area contributed by atoms with Gasteiger partial charge in [-0.2, -0.15) is 4.98 Å². The molecule has 2 atom stereocenters. The number of nitrogens with one attached hydrogen (secondary N) is 6. The van der Waals surface area contributed by atoms with Crippen molar-refractivity contribution in [2.24, 2.45) is 0 Å². The second kappa shape index (κ2) is 28.1. The first-order valence-corrected chi connectivity index (χ1v) is 28.8. The standard InChI is InChI=1S/C19H19N7O6.C17H18FN3O3.C17H19N3O3S.C5H4N4/c20-19-25-15-14(17(30)26-19)23-11(8-22-15)7-21-10-3-1-9(2-4-10)16(29)24-12(18(31)32)5-6-13(27)28;18-13-7-11-14(8-15(13)20-5-3-19-4-6-20)21(10-1-2-10)9-12(16(11)22)17(23)24;1-10-8-18-15(11(2)16(10)23-4)9-24(21)17-19-13-6-5-12(22-3)7-14(13)20-17;1-4-5(8-2-6-1)9-3-7-4/h1-4,8,12,21H,5-7H2,(H,24,29)(H,27,28)(H,31,32)(H3,20,22,25,26,30);7-10,19H,1-6H2,(H,23,24);5-8H,9H2,1-4H3,(H,19,20);1-3H,(H,6,7,8,9)/t12-;;;/m0.../s1. The van der Waals surface area contributed by atoms with E-state index in [0.29, 0.717) is 46.5 Å². The minimum absolute atomic E-state index is 0.0524. The number of hydrogen-bond donors (Lipinski definition) is 10. The molecule has 1 amide bonds. The molecule has 31 heteroatoms. The molecule has 0 radical (unpaired) electrons. The topological polar surface area (TPSA) is 419 Å². The number of aryl methyl sites for hydroxylation is 1. The van der Waals surface area contributed by atoms with Crippen LogP contribution < -0.4 is 47.0 Å². The van der Waals surface area contributed by atoms with Gasteiger partial charge in [0, 0.05) is 84.9 Å². The van der Waals surface area contributed by atoms with Gasteiger partial charge in [0.25, 0.3) is 11.5 Å². The Balaban J connectivity index is 0.000000149. The number of aromatic nitrogens is 12. The molecule has 7 aromatic heterocycles. The van der Waals surface area contributed by atoms with Crippen LogP contribution in [0.25, 0.3) is 44.3 Å². The van der Waals surface area contributed by atoms with E-state index in [4.69, 9.17) is 25.4 Å². The Hall–Kier alpha value is -10.8. The van der Waals surface area contributed by atoms with E-state index in [2.05, 4.69) is 70.8 Å². The first-order chi connectivity index (χ1) is 42.8. The normalized spacial score (nSPS) is 13.4. The molecule has 462 valence electrons. The van der Waals surface area contributed by atoms with Crippen molar-refractivity contribution >= 4 is 96.2 Å². The maximum absolute atomic E-state index is 14.6. The number of anilines is 3. The minimum atomic E-state index is -1.33. The van der Waals surface area contributed by atoms with E-state index in [1.165, 1.54) is 36.9 Å². The van der Waals surface area contributed by atoms with Crippen molar-refractivity contribution in [1.29, 1.82) is 0 Å². The summed E-state index contributed by atoms with van der Waals surface area (Å²) in [4.78, 5) is 113. The molecule has 1 saturated carbocycles. The number of piperazine rings is 1. The van der Waals surface area contributed by atoms with E-state index in [0.717, 1.165) is 70.8 Å². The highest BCUT2D eigenvalue weighted by molar-refractivity contribution is 7.84. The van der Waals surface area contributed by atoms with Crippen molar-refractivity contribution in [3.63, 3.8) is 0 Å². The van der Waals surface area contributed by atoms with Crippen LogP contribution in [0.15, 0.2) is 107 Å². The number of carboxylic acids is 3. The molecule has 10 aromatic rings. The molecule has 1 unspecified atom stereocenters. The molecule has 1 saturated heterocycles. The van der Waals surface area contributed by atoms with E-state index < -0.39 is 57.5 Å². The fourth-order valence-electron chi connectivity index (χ4n) is 9.37. The summed E-state index contributed by atoms with van der Waals surface area (Å²) in [5.74, 6) is -3.12. The van der Waals surface area contributed by atoms with E-state index in [9.17, 15) is 42.5 Å². The molecular weight excluding hydrogens is 1180 g/mol. The van der Waals surface area contributed by atoms with E-state index >= 15 is 0 Å². The number of halogens is 1. The first-order valence-electron chi connectivity index (χ1n) is 27.5. The Morgan fingerprint density at radius 1 is 0.876 bits per heavy atom. The molecule has 2 aliphatic rings. The number of rotatable bonds is 17. The Kier molecular flexibility index (Phi) is 19.8. The lowest BCUT2D eigenvalue weighted by atomic mass is 10.1. The second-order valence-corrected chi connectivity index (χ2v) is 21.6. The number of aromatic amines is 3. The molecule has 1 aliphatic heterocycles. The minimum Gasteiger partial charge on any atom is -0.497 e. The molecule has 2 fully saturated rings. The largest absolute Gasteiger partial charge is 0.497 e. The number of nitrogen functional groups attached to an aromatic ring is 1. The van der Waals surface area contributed by atoms with Crippen molar-refractivity contribution in [2.45, 2.75) is 69.1 Å².